The molecule has 0 bridgehead atoms. The largest absolute Gasteiger partial charge is 0.465 e. The highest BCUT2D eigenvalue weighted by Crippen LogP contribution is 2.32. The lowest BCUT2D eigenvalue weighted by Crippen LogP contribution is -2.49. The number of rotatable bonds is 4. The van der Waals surface area contributed by atoms with Crippen LogP contribution < -0.4 is 5.32 Å². The molecule has 3 rings (SSSR count). The molecule has 1 N–H and O–H groups in total. The molecule has 1 aliphatic rings. The van der Waals surface area contributed by atoms with Crippen LogP contribution in [0.2, 0.25) is 0 Å². The second-order valence-corrected chi connectivity index (χ2v) is 5.54. The molecule has 0 unspecified atom stereocenters. The highest BCUT2D eigenvalue weighted by atomic mass is 19.1. The van der Waals surface area contributed by atoms with Crippen molar-refractivity contribution < 1.29 is 18.3 Å². The van der Waals surface area contributed by atoms with Gasteiger partial charge in [-0.15, -0.1) is 0 Å². The van der Waals surface area contributed by atoms with Gasteiger partial charge in [0.15, 0.2) is 0 Å². The summed E-state index contributed by atoms with van der Waals surface area (Å²) in [6.07, 6.45) is 5.79. The molecule has 1 fully saturated rings. The van der Waals surface area contributed by atoms with Gasteiger partial charge < -0.3 is 14.5 Å². The van der Waals surface area contributed by atoms with Crippen LogP contribution in [0, 0.1) is 5.82 Å². The Morgan fingerprint density at radius 1 is 1.22 bits per heavy atom. The third-order valence-corrected chi connectivity index (χ3v) is 4.03. The molecular weight excluding hydrogens is 297 g/mol. The van der Waals surface area contributed by atoms with E-state index in [0.29, 0.717) is 31.8 Å². The Bertz CT molecular complexity index is 688. The average molecular weight is 315 g/mol. The second-order valence-electron chi connectivity index (χ2n) is 5.54. The fourth-order valence-corrected chi connectivity index (χ4v) is 2.81. The average Bonchev–Trinajstić information content (AvgIpc) is 3.07. The summed E-state index contributed by atoms with van der Waals surface area (Å²) in [5.74, 6) is 0.0493. The van der Waals surface area contributed by atoms with Crippen LogP contribution >= 0.6 is 0 Å². The molecule has 1 saturated heterocycles. The zero-order valence-electron chi connectivity index (χ0n) is 12.6. The molecule has 23 heavy (non-hydrogen) atoms. The minimum absolute atomic E-state index is 0.243. The third-order valence-electron chi connectivity index (χ3n) is 4.03. The molecule has 0 aliphatic carbocycles. The maximum Gasteiger partial charge on any atom is 0.244 e. The summed E-state index contributed by atoms with van der Waals surface area (Å²) in [5.41, 5.74) is 0.158. The number of carbonyl (C=O) groups excluding carboxylic acids is 1. The van der Waals surface area contributed by atoms with E-state index in [9.17, 15) is 9.18 Å². The first-order valence-corrected chi connectivity index (χ1v) is 7.55. The van der Waals surface area contributed by atoms with E-state index in [2.05, 4.69) is 5.32 Å². The summed E-state index contributed by atoms with van der Waals surface area (Å²) in [6.45, 7) is 1.05. The Morgan fingerprint density at radius 2 is 2.04 bits per heavy atom. The Balaban J connectivity index is 1.80. The zero-order valence-corrected chi connectivity index (χ0v) is 12.6. The van der Waals surface area contributed by atoms with Gasteiger partial charge in [-0.05, 0) is 48.7 Å². The van der Waals surface area contributed by atoms with Crippen LogP contribution in [0.15, 0.2) is 53.2 Å². The Morgan fingerprint density at radius 3 is 2.74 bits per heavy atom. The highest BCUT2D eigenvalue weighted by molar-refractivity contribution is 5.92. The molecule has 1 aromatic heterocycles. The molecule has 5 heteroatoms. The van der Waals surface area contributed by atoms with Crippen LogP contribution in [0.4, 0.5) is 4.39 Å². The lowest BCUT2D eigenvalue weighted by molar-refractivity contribution is -0.119. The maximum atomic E-state index is 13.6. The normalized spacial score (nSPS) is 17.3. The number of benzene rings is 1. The van der Waals surface area contributed by atoms with E-state index in [1.165, 1.54) is 18.2 Å². The zero-order chi connectivity index (χ0) is 16.1. The summed E-state index contributed by atoms with van der Waals surface area (Å²) in [7, 11) is 0. The summed E-state index contributed by atoms with van der Waals surface area (Å²) < 4.78 is 24.2. The fourth-order valence-electron chi connectivity index (χ4n) is 2.81. The molecule has 4 nitrogen and oxygen atoms in total. The predicted octanol–water partition coefficient (Wildman–Crippen LogP) is 3.25. The molecule has 2 heterocycles. The first-order chi connectivity index (χ1) is 11.2. The molecule has 0 radical (unpaired) electrons. The van der Waals surface area contributed by atoms with Crippen molar-refractivity contribution >= 4 is 12.0 Å². The minimum Gasteiger partial charge on any atom is -0.465 e. The van der Waals surface area contributed by atoms with E-state index in [0.717, 1.165) is 5.56 Å². The first-order valence-electron chi connectivity index (χ1n) is 7.55. The van der Waals surface area contributed by atoms with E-state index < -0.39 is 5.54 Å². The number of furan rings is 1. The number of carbonyl (C=O) groups is 1. The molecule has 1 aliphatic heterocycles. The van der Waals surface area contributed by atoms with Crippen LogP contribution in [0.3, 0.4) is 0 Å². The van der Waals surface area contributed by atoms with E-state index in [1.54, 1.807) is 30.5 Å². The van der Waals surface area contributed by atoms with Gasteiger partial charge in [0.05, 0.1) is 11.8 Å². The Kier molecular flexibility index (Phi) is 4.57. The van der Waals surface area contributed by atoms with Gasteiger partial charge in [0.25, 0.3) is 0 Å². The van der Waals surface area contributed by atoms with Gasteiger partial charge in [-0.25, -0.2) is 4.39 Å². The molecule has 2 aromatic rings. The molecule has 120 valence electrons. The van der Waals surface area contributed by atoms with Crippen LogP contribution in [0.25, 0.3) is 6.08 Å². The van der Waals surface area contributed by atoms with Gasteiger partial charge in [0.2, 0.25) is 5.91 Å². The van der Waals surface area contributed by atoms with Crippen LogP contribution in [0.5, 0.6) is 0 Å². The molecule has 1 amide bonds. The van der Waals surface area contributed by atoms with Gasteiger partial charge in [0.1, 0.15) is 11.6 Å². The number of hydrogen-bond acceptors (Lipinski definition) is 3. The first kappa shape index (κ1) is 15.5. The van der Waals surface area contributed by atoms with E-state index in [1.807, 2.05) is 6.07 Å². The number of amides is 1. The van der Waals surface area contributed by atoms with Gasteiger partial charge in [-0.3, -0.25) is 4.79 Å². The van der Waals surface area contributed by atoms with Gasteiger partial charge >= 0.3 is 0 Å². The standard InChI is InChI=1S/C18H18FNO3/c19-15-4-1-3-14(13-15)18(8-11-22-12-9-18)20-17(21)7-6-16-5-2-10-23-16/h1-7,10,13H,8-9,11-12H2,(H,20,21)/b7-6-. The Hall–Kier alpha value is -2.40. The molecule has 0 atom stereocenters. The quantitative estimate of drug-likeness (QED) is 0.881. The minimum atomic E-state index is -0.606. The molecular formula is C18H18FNO3. The van der Waals surface area contributed by atoms with Crippen molar-refractivity contribution in [3.05, 3.63) is 65.9 Å². The molecule has 1 aromatic carbocycles. The third kappa shape index (κ3) is 3.68. The Labute approximate surface area is 133 Å². The summed E-state index contributed by atoms with van der Waals surface area (Å²) >= 11 is 0. The van der Waals surface area contributed by atoms with Crippen LogP contribution in [-0.4, -0.2) is 19.1 Å². The van der Waals surface area contributed by atoms with Crippen molar-refractivity contribution in [2.45, 2.75) is 18.4 Å². The van der Waals surface area contributed by atoms with Crippen LogP contribution in [-0.2, 0) is 15.1 Å². The van der Waals surface area contributed by atoms with Crippen molar-refractivity contribution in [2.24, 2.45) is 0 Å². The number of nitrogens with one attached hydrogen (secondary N) is 1. The van der Waals surface area contributed by atoms with E-state index >= 15 is 0 Å². The van der Waals surface area contributed by atoms with E-state index in [-0.39, 0.29) is 11.7 Å². The van der Waals surface area contributed by atoms with Crippen molar-refractivity contribution in [3.8, 4) is 0 Å². The van der Waals surface area contributed by atoms with Crippen molar-refractivity contribution in [1.82, 2.24) is 5.32 Å². The number of ether oxygens (including phenoxy) is 1. The SMILES string of the molecule is O=C(/C=C\c1ccco1)NC1(c2cccc(F)c2)CCOCC1. The van der Waals surface area contributed by atoms with Gasteiger partial charge in [-0.2, -0.15) is 0 Å². The van der Waals surface area contributed by atoms with Crippen molar-refractivity contribution in [1.29, 1.82) is 0 Å². The van der Waals surface area contributed by atoms with Gasteiger partial charge in [0, 0.05) is 19.3 Å². The lowest BCUT2D eigenvalue weighted by atomic mass is 9.82. The van der Waals surface area contributed by atoms with Crippen molar-refractivity contribution in [3.63, 3.8) is 0 Å². The smallest absolute Gasteiger partial charge is 0.244 e. The summed E-state index contributed by atoms with van der Waals surface area (Å²) in [6, 6.07) is 9.89. The topological polar surface area (TPSA) is 51.5 Å². The predicted molar refractivity (Wildman–Crippen MR) is 84.0 cm³/mol. The maximum absolute atomic E-state index is 13.6. The van der Waals surface area contributed by atoms with Gasteiger partial charge in [-0.1, -0.05) is 12.1 Å². The number of halogens is 1. The molecule has 0 saturated carbocycles. The second kappa shape index (κ2) is 6.79. The lowest BCUT2D eigenvalue weighted by Gasteiger charge is -2.38. The fraction of sp³-hybridized carbons (Fsp3) is 0.278. The van der Waals surface area contributed by atoms with E-state index in [4.69, 9.17) is 9.15 Å². The monoisotopic (exact) mass is 315 g/mol. The summed E-state index contributed by atoms with van der Waals surface area (Å²) in [5, 5.41) is 3.02. The van der Waals surface area contributed by atoms with Crippen molar-refractivity contribution in [2.75, 3.05) is 13.2 Å². The van der Waals surface area contributed by atoms with Crippen LogP contribution in [0.1, 0.15) is 24.2 Å². The molecule has 0 spiro atoms. The number of hydrogen-bond donors (Lipinski definition) is 1. The summed E-state index contributed by atoms with van der Waals surface area (Å²) in [4.78, 5) is 12.3. The highest BCUT2D eigenvalue weighted by Gasteiger charge is 2.35.